The van der Waals surface area contributed by atoms with Gasteiger partial charge in [-0.05, 0) is 5.04 Å². The van der Waals surface area contributed by atoms with E-state index < -0.39 is 0 Å². The largest absolute Gasteiger partial charge is 0.0654 e. The number of hydrogen-bond donors (Lipinski definition) is 0. The van der Waals surface area contributed by atoms with Gasteiger partial charge in [-0.15, -0.1) is 0 Å². The van der Waals surface area contributed by atoms with E-state index in [2.05, 4.69) is 20.8 Å². The summed E-state index contributed by atoms with van der Waals surface area (Å²) in [5, 5.41) is 0.794. The second kappa shape index (κ2) is 8.52. The standard InChI is InChI=1S/C13H30Si/c1-4-7-10-13(14,11-8-5-2)12-9-6-3/h4-12H2,1-3,14H3. The molecule has 0 saturated heterocycles. The maximum atomic E-state index is 2.32. The van der Waals surface area contributed by atoms with E-state index in [-0.39, 0.29) is 0 Å². The normalized spacial score (nSPS) is 12.2. The SMILES string of the molecule is CCCCC([SiH3])(CCCC)CCCC. The molecule has 0 rings (SSSR count). The van der Waals surface area contributed by atoms with Crippen LogP contribution in [-0.2, 0) is 0 Å². The van der Waals surface area contributed by atoms with Crippen molar-refractivity contribution in [1.29, 1.82) is 0 Å². The quantitative estimate of drug-likeness (QED) is 0.507. The monoisotopic (exact) mass is 214 g/mol. The molecule has 0 saturated carbocycles. The molecule has 0 N–H and O–H groups in total. The molecular weight excluding hydrogens is 184 g/mol. The highest BCUT2D eigenvalue weighted by atomic mass is 28.1. The lowest BCUT2D eigenvalue weighted by Gasteiger charge is -2.29. The van der Waals surface area contributed by atoms with Crippen molar-refractivity contribution in [2.24, 2.45) is 0 Å². The summed E-state index contributed by atoms with van der Waals surface area (Å²) in [5.41, 5.74) is 0. The summed E-state index contributed by atoms with van der Waals surface area (Å²) in [6.07, 6.45) is 13.0. The van der Waals surface area contributed by atoms with Crippen LogP contribution in [0.15, 0.2) is 0 Å². The zero-order chi connectivity index (χ0) is 10.9. The number of hydrogen-bond acceptors (Lipinski definition) is 0. The third-order valence-corrected chi connectivity index (χ3v) is 4.90. The number of unbranched alkanes of at least 4 members (excludes halogenated alkanes) is 3. The molecule has 0 radical (unpaired) electrons. The molecule has 0 aliphatic rings. The minimum atomic E-state index is 0.794. The predicted octanol–water partition coefficient (Wildman–Crippen LogP) is 4.08. The summed E-state index contributed by atoms with van der Waals surface area (Å²) in [5.74, 6) is 0. The first-order chi connectivity index (χ1) is 6.68. The van der Waals surface area contributed by atoms with Gasteiger partial charge in [0.1, 0.15) is 0 Å². The molecule has 0 atom stereocenters. The first kappa shape index (κ1) is 14.2. The van der Waals surface area contributed by atoms with Gasteiger partial charge in [0.2, 0.25) is 0 Å². The van der Waals surface area contributed by atoms with E-state index in [0.717, 1.165) is 5.04 Å². The van der Waals surface area contributed by atoms with Gasteiger partial charge in [-0.2, -0.15) is 0 Å². The van der Waals surface area contributed by atoms with Gasteiger partial charge < -0.3 is 0 Å². The molecule has 0 aromatic rings. The van der Waals surface area contributed by atoms with Gasteiger partial charge in [0.05, 0.1) is 0 Å². The first-order valence-electron chi connectivity index (χ1n) is 6.68. The third-order valence-electron chi connectivity index (χ3n) is 3.40. The molecule has 0 nitrogen and oxygen atoms in total. The third kappa shape index (κ3) is 6.64. The van der Waals surface area contributed by atoms with Gasteiger partial charge in [-0.25, -0.2) is 0 Å². The molecule has 0 aromatic carbocycles. The maximum Gasteiger partial charge on any atom is 0.0106 e. The van der Waals surface area contributed by atoms with Gasteiger partial charge in [-0.3, -0.25) is 0 Å². The Bertz CT molecular complexity index is 98.6. The highest BCUT2D eigenvalue weighted by Crippen LogP contribution is 2.40. The van der Waals surface area contributed by atoms with Gasteiger partial charge in [0, 0.05) is 10.2 Å². The van der Waals surface area contributed by atoms with Crippen LogP contribution in [0.2, 0.25) is 5.04 Å². The van der Waals surface area contributed by atoms with E-state index in [4.69, 9.17) is 0 Å². The van der Waals surface area contributed by atoms with Crippen molar-refractivity contribution in [3.63, 3.8) is 0 Å². The van der Waals surface area contributed by atoms with E-state index in [9.17, 15) is 0 Å². The lowest BCUT2D eigenvalue weighted by atomic mass is 9.89. The molecule has 0 heterocycles. The molecule has 0 amide bonds. The molecule has 0 fully saturated rings. The Morgan fingerprint density at radius 3 is 1.21 bits per heavy atom. The lowest BCUT2D eigenvalue weighted by molar-refractivity contribution is 0.404. The van der Waals surface area contributed by atoms with Crippen LogP contribution >= 0.6 is 0 Å². The van der Waals surface area contributed by atoms with Crippen molar-refractivity contribution in [2.75, 3.05) is 0 Å². The van der Waals surface area contributed by atoms with Crippen molar-refractivity contribution in [2.45, 2.75) is 83.6 Å². The average molecular weight is 214 g/mol. The zero-order valence-electron chi connectivity index (χ0n) is 10.9. The number of rotatable bonds is 9. The Labute approximate surface area is 94.3 Å². The molecule has 0 aliphatic heterocycles. The molecule has 0 bridgehead atoms. The van der Waals surface area contributed by atoms with E-state index in [1.165, 1.54) is 68.0 Å². The van der Waals surface area contributed by atoms with Gasteiger partial charge in [0.25, 0.3) is 0 Å². The molecule has 0 aliphatic carbocycles. The van der Waals surface area contributed by atoms with Crippen molar-refractivity contribution in [1.82, 2.24) is 0 Å². The highest BCUT2D eigenvalue weighted by Gasteiger charge is 2.21. The second-order valence-corrected chi connectivity index (χ2v) is 7.24. The molecular formula is C13H30Si. The van der Waals surface area contributed by atoms with Crippen LogP contribution in [0.25, 0.3) is 0 Å². The van der Waals surface area contributed by atoms with Crippen LogP contribution in [0.4, 0.5) is 0 Å². The zero-order valence-corrected chi connectivity index (χ0v) is 12.9. The van der Waals surface area contributed by atoms with Crippen molar-refractivity contribution in [3.8, 4) is 0 Å². The molecule has 0 aromatic heterocycles. The van der Waals surface area contributed by atoms with Crippen LogP contribution in [0.3, 0.4) is 0 Å². The first-order valence-corrected chi connectivity index (χ1v) is 7.68. The van der Waals surface area contributed by atoms with Crippen LogP contribution in [-0.4, -0.2) is 10.2 Å². The summed E-state index contributed by atoms with van der Waals surface area (Å²) < 4.78 is 0. The fraction of sp³-hybridized carbons (Fsp3) is 1.00. The highest BCUT2D eigenvalue weighted by molar-refractivity contribution is 6.15. The van der Waals surface area contributed by atoms with Crippen LogP contribution in [0.5, 0.6) is 0 Å². The molecule has 0 unspecified atom stereocenters. The van der Waals surface area contributed by atoms with Crippen molar-refractivity contribution >= 4 is 10.2 Å². The minimum absolute atomic E-state index is 0.794. The summed E-state index contributed by atoms with van der Waals surface area (Å²) in [6.45, 7) is 6.96. The molecule has 1 heteroatoms. The predicted molar refractivity (Wildman–Crippen MR) is 71.2 cm³/mol. The van der Waals surface area contributed by atoms with Crippen LogP contribution in [0, 0.1) is 0 Å². The van der Waals surface area contributed by atoms with Gasteiger partial charge in [0.15, 0.2) is 0 Å². The Balaban J connectivity index is 3.89. The lowest BCUT2D eigenvalue weighted by Crippen LogP contribution is -2.13. The Morgan fingerprint density at radius 1 is 0.714 bits per heavy atom. The van der Waals surface area contributed by atoms with E-state index in [1.807, 2.05) is 0 Å². The molecule has 0 spiro atoms. The summed E-state index contributed by atoms with van der Waals surface area (Å²) >= 11 is 0. The summed E-state index contributed by atoms with van der Waals surface area (Å²) in [7, 11) is 1.41. The summed E-state index contributed by atoms with van der Waals surface area (Å²) in [4.78, 5) is 0. The minimum Gasteiger partial charge on any atom is -0.0654 e. The van der Waals surface area contributed by atoms with E-state index in [1.54, 1.807) is 0 Å². The molecule has 86 valence electrons. The van der Waals surface area contributed by atoms with Gasteiger partial charge in [-0.1, -0.05) is 78.6 Å². The molecule has 14 heavy (non-hydrogen) atoms. The summed E-state index contributed by atoms with van der Waals surface area (Å²) in [6, 6.07) is 0. The fourth-order valence-electron chi connectivity index (χ4n) is 2.19. The maximum absolute atomic E-state index is 2.32. The van der Waals surface area contributed by atoms with Crippen LogP contribution < -0.4 is 0 Å². The smallest absolute Gasteiger partial charge is 0.0106 e. The van der Waals surface area contributed by atoms with E-state index in [0.29, 0.717) is 0 Å². The topological polar surface area (TPSA) is 0 Å². The van der Waals surface area contributed by atoms with Gasteiger partial charge >= 0.3 is 0 Å². The second-order valence-electron chi connectivity index (χ2n) is 5.12. The van der Waals surface area contributed by atoms with E-state index >= 15 is 0 Å². The fourth-order valence-corrected chi connectivity index (χ4v) is 3.25. The Kier molecular flexibility index (Phi) is 8.65. The Morgan fingerprint density at radius 2 is 1.00 bits per heavy atom. The van der Waals surface area contributed by atoms with Crippen molar-refractivity contribution in [3.05, 3.63) is 0 Å². The Hall–Kier alpha value is 0.217. The average Bonchev–Trinajstić information content (AvgIpc) is 2.21. The van der Waals surface area contributed by atoms with Crippen LogP contribution in [0.1, 0.15) is 78.6 Å². The van der Waals surface area contributed by atoms with Crippen molar-refractivity contribution < 1.29 is 0 Å².